The maximum absolute atomic E-state index is 13.1. The molecule has 26 heavy (non-hydrogen) atoms. The summed E-state index contributed by atoms with van der Waals surface area (Å²) in [6.45, 7) is 4.22. The molecule has 0 saturated carbocycles. The average molecular weight is 367 g/mol. The Kier molecular flexibility index (Phi) is 5.53. The molecule has 5 nitrogen and oxygen atoms in total. The van der Waals surface area contributed by atoms with E-state index in [1.54, 1.807) is 18.1 Å². The summed E-state index contributed by atoms with van der Waals surface area (Å²) in [5.41, 5.74) is 1.37. The lowest BCUT2D eigenvalue weighted by molar-refractivity contribution is 0.259. The van der Waals surface area contributed by atoms with Crippen LogP contribution in [0, 0.1) is 0 Å². The number of carbonyl (C=O) groups excluding carboxylic acids is 1. The molecule has 0 fully saturated rings. The number of nitrogens with one attached hydrogen (secondary N) is 1. The minimum absolute atomic E-state index is 0.287. The van der Waals surface area contributed by atoms with Crippen molar-refractivity contribution in [3.05, 3.63) is 65.7 Å². The van der Waals surface area contributed by atoms with Crippen molar-refractivity contribution >= 4 is 33.9 Å². The number of thiazole rings is 1. The maximum atomic E-state index is 13.1. The minimum atomic E-state index is -0.287. The Morgan fingerprint density at radius 1 is 1.12 bits per heavy atom. The Balaban J connectivity index is 1.96. The van der Waals surface area contributed by atoms with Crippen LogP contribution in [0.4, 0.5) is 21.3 Å². The first kappa shape index (κ1) is 17.9. The van der Waals surface area contributed by atoms with E-state index in [0.717, 1.165) is 10.6 Å². The van der Waals surface area contributed by atoms with Gasteiger partial charge in [0.15, 0.2) is 5.13 Å². The van der Waals surface area contributed by atoms with Crippen LogP contribution in [0.3, 0.4) is 0 Å². The van der Waals surface area contributed by atoms with Crippen LogP contribution in [0.5, 0.6) is 5.75 Å². The van der Waals surface area contributed by atoms with Crippen molar-refractivity contribution in [3.8, 4) is 5.75 Å². The van der Waals surface area contributed by atoms with Gasteiger partial charge in [-0.3, -0.25) is 0 Å². The summed E-state index contributed by atoms with van der Waals surface area (Å²) in [6, 6.07) is 16.5. The number of aromatic nitrogens is 1. The van der Waals surface area contributed by atoms with E-state index in [1.807, 2.05) is 54.7 Å². The van der Waals surface area contributed by atoms with E-state index >= 15 is 0 Å². The Morgan fingerprint density at radius 2 is 1.81 bits per heavy atom. The van der Waals surface area contributed by atoms with Crippen LogP contribution in [0.25, 0.3) is 0 Å². The van der Waals surface area contributed by atoms with Gasteiger partial charge in [-0.05, 0) is 30.2 Å². The number of para-hydroxylation sites is 3. The molecule has 1 aromatic heterocycles. The van der Waals surface area contributed by atoms with Gasteiger partial charge in [-0.1, -0.05) is 44.2 Å². The van der Waals surface area contributed by atoms with Crippen LogP contribution < -0.4 is 15.0 Å². The van der Waals surface area contributed by atoms with Crippen LogP contribution in [0.1, 0.15) is 24.6 Å². The molecular formula is C20H21N3O2S. The van der Waals surface area contributed by atoms with Crippen molar-refractivity contribution < 1.29 is 9.53 Å². The molecule has 0 radical (unpaired) electrons. The third kappa shape index (κ3) is 3.86. The lowest BCUT2D eigenvalue weighted by Crippen LogP contribution is -2.30. The molecule has 0 atom stereocenters. The van der Waals surface area contributed by atoms with Crippen molar-refractivity contribution in [2.24, 2.45) is 0 Å². The van der Waals surface area contributed by atoms with Gasteiger partial charge in [-0.2, -0.15) is 0 Å². The Bertz CT molecular complexity index is 878. The number of amides is 2. The molecule has 0 aliphatic carbocycles. The van der Waals surface area contributed by atoms with Gasteiger partial charge in [-0.25, -0.2) is 14.7 Å². The van der Waals surface area contributed by atoms with Gasteiger partial charge in [0.1, 0.15) is 5.75 Å². The number of hydrogen-bond donors (Lipinski definition) is 1. The van der Waals surface area contributed by atoms with Crippen LogP contribution in [-0.4, -0.2) is 18.1 Å². The van der Waals surface area contributed by atoms with Gasteiger partial charge < -0.3 is 10.1 Å². The molecule has 134 valence electrons. The van der Waals surface area contributed by atoms with Crippen molar-refractivity contribution in [2.45, 2.75) is 19.8 Å². The van der Waals surface area contributed by atoms with Crippen molar-refractivity contribution in [3.63, 3.8) is 0 Å². The number of anilines is 3. The molecule has 1 heterocycles. The van der Waals surface area contributed by atoms with Crippen LogP contribution in [0.2, 0.25) is 0 Å². The zero-order valence-electron chi connectivity index (χ0n) is 15.0. The fourth-order valence-electron chi connectivity index (χ4n) is 2.46. The second-order valence-corrected chi connectivity index (χ2v) is 7.04. The van der Waals surface area contributed by atoms with Gasteiger partial charge in [0.25, 0.3) is 0 Å². The third-order valence-corrected chi connectivity index (χ3v) is 5.12. The highest BCUT2D eigenvalue weighted by Crippen LogP contribution is 2.34. The van der Waals surface area contributed by atoms with Gasteiger partial charge in [0.05, 0.1) is 18.5 Å². The van der Waals surface area contributed by atoms with Gasteiger partial charge in [-0.15, -0.1) is 11.3 Å². The Labute approximate surface area is 157 Å². The van der Waals surface area contributed by atoms with Crippen LogP contribution in [-0.2, 0) is 0 Å². The normalized spacial score (nSPS) is 10.6. The second-order valence-electron chi connectivity index (χ2n) is 6.00. The van der Waals surface area contributed by atoms with E-state index in [9.17, 15) is 4.79 Å². The fraction of sp³-hybridized carbons (Fsp3) is 0.200. The molecule has 0 aliphatic heterocycles. The number of methoxy groups -OCH3 is 1. The van der Waals surface area contributed by atoms with Gasteiger partial charge in [0, 0.05) is 11.1 Å². The molecule has 0 saturated heterocycles. The lowest BCUT2D eigenvalue weighted by Gasteiger charge is -2.21. The topological polar surface area (TPSA) is 54.5 Å². The molecule has 6 heteroatoms. The zero-order chi connectivity index (χ0) is 18.5. The first-order valence-corrected chi connectivity index (χ1v) is 9.16. The van der Waals surface area contributed by atoms with Crippen molar-refractivity contribution in [1.29, 1.82) is 0 Å². The lowest BCUT2D eigenvalue weighted by atomic mass is 10.2. The number of hydrogen-bond acceptors (Lipinski definition) is 4. The van der Waals surface area contributed by atoms with E-state index < -0.39 is 0 Å². The summed E-state index contributed by atoms with van der Waals surface area (Å²) in [5.74, 6) is 0.965. The Hall–Kier alpha value is -2.86. The largest absolute Gasteiger partial charge is 0.495 e. The average Bonchev–Trinajstić information content (AvgIpc) is 3.13. The number of ether oxygens (including phenoxy) is 1. The molecule has 3 aromatic rings. The highest BCUT2D eigenvalue weighted by molar-refractivity contribution is 7.16. The highest BCUT2D eigenvalue weighted by atomic mass is 32.1. The summed E-state index contributed by atoms with van der Waals surface area (Å²) in [7, 11) is 1.58. The van der Waals surface area contributed by atoms with Gasteiger partial charge >= 0.3 is 6.03 Å². The second kappa shape index (κ2) is 8.01. The Morgan fingerprint density at radius 3 is 2.46 bits per heavy atom. The first-order valence-electron chi connectivity index (χ1n) is 8.35. The molecule has 2 amide bonds. The minimum Gasteiger partial charge on any atom is -0.495 e. The molecule has 0 bridgehead atoms. The molecule has 1 N–H and O–H groups in total. The number of carbonyl (C=O) groups is 1. The molecule has 0 unspecified atom stereocenters. The van der Waals surface area contributed by atoms with Gasteiger partial charge in [0.2, 0.25) is 0 Å². The SMILES string of the molecule is COc1ccccc1NC(=O)N(c1ccccc1)c1ncc(C(C)C)s1. The van der Waals surface area contributed by atoms with E-state index in [-0.39, 0.29) is 6.03 Å². The van der Waals surface area contributed by atoms with Crippen LogP contribution in [0.15, 0.2) is 60.8 Å². The van der Waals surface area contributed by atoms with E-state index in [1.165, 1.54) is 11.3 Å². The summed E-state index contributed by atoms with van der Waals surface area (Å²) in [6.07, 6.45) is 1.83. The number of urea groups is 1. The third-order valence-electron chi connectivity index (χ3n) is 3.84. The zero-order valence-corrected chi connectivity index (χ0v) is 15.8. The maximum Gasteiger partial charge on any atom is 0.332 e. The quantitative estimate of drug-likeness (QED) is 0.634. The summed E-state index contributed by atoms with van der Waals surface area (Å²) >= 11 is 1.52. The van der Waals surface area contributed by atoms with Crippen molar-refractivity contribution in [2.75, 3.05) is 17.3 Å². The van der Waals surface area contributed by atoms with E-state index in [4.69, 9.17) is 4.74 Å². The fourth-order valence-corrected chi connectivity index (χ4v) is 3.39. The number of rotatable bonds is 5. The van der Waals surface area contributed by atoms with Crippen molar-refractivity contribution in [1.82, 2.24) is 4.98 Å². The predicted octanol–water partition coefficient (Wildman–Crippen LogP) is 5.65. The number of benzene rings is 2. The molecular weight excluding hydrogens is 346 g/mol. The molecule has 2 aromatic carbocycles. The standard InChI is InChI=1S/C20H21N3O2S/c1-14(2)18-13-21-20(26-18)23(15-9-5-4-6-10-15)19(24)22-16-11-7-8-12-17(16)25-3/h4-14H,1-3H3,(H,22,24). The molecule has 0 spiro atoms. The summed E-state index contributed by atoms with van der Waals surface area (Å²) in [5, 5.41) is 3.56. The van der Waals surface area contributed by atoms with E-state index in [2.05, 4.69) is 24.1 Å². The summed E-state index contributed by atoms with van der Waals surface area (Å²) < 4.78 is 5.33. The number of nitrogens with zero attached hydrogens (tertiary/aromatic N) is 2. The smallest absolute Gasteiger partial charge is 0.332 e. The van der Waals surface area contributed by atoms with E-state index in [0.29, 0.717) is 22.5 Å². The molecule has 0 aliphatic rings. The molecule has 3 rings (SSSR count). The first-order chi connectivity index (χ1) is 12.6. The predicted molar refractivity (Wildman–Crippen MR) is 107 cm³/mol. The summed E-state index contributed by atoms with van der Waals surface area (Å²) in [4.78, 5) is 20.3. The van der Waals surface area contributed by atoms with Crippen LogP contribution >= 0.6 is 11.3 Å². The highest BCUT2D eigenvalue weighted by Gasteiger charge is 2.22. The monoisotopic (exact) mass is 367 g/mol.